The van der Waals surface area contributed by atoms with Crippen LogP contribution in [0.1, 0.15) is 27.2 Å². The number of hydrogen-bond acceptors (Lipinski definition) is 4. The molecule has 2 aromatic carbocycles. The van der Waals surface area contributed by atoms with E-state index >= 15 is 0 Å². The third kappa shape index (κ3) is 5.16. The minimum absolute atomic E-state index is 0.0474. The standard InChI is InChI=1S/C22H22N4O3/c1-14-5-4-6-17(11-14)23-20(27)13-26-21(28)10-9-19(25-26)22(29)24-18-8-7-15(2)16(3)12-18/h4-12H,13H2,1-3H3,(H,23,27)(H,24,29). The zero-order valence-electron chi connectivity index (χ0n) is 16.5. The molecule has 7 heteroatoms. The van der Waals surface area contributed by atoms with Crippen molar-refractivity contribution in [1.82, 2.24) is 9.78 Å². The zero-order valence-corrected chi connectivity index (χ0v) is 16.5. The molecule has 2 amide bonds. The van der Waals surface area contributed by atoms with Crippen LogP contribution in [0, 0.1) is 20.8 Å². The molecule has 3 rings (SSSR count). The molecule has 0 atom stereocenters. The van der Waals surface area contributed by atoms with Gasteiger partial charge in [-0.3, -0.25) is 14.4 Å². The van der Waals surface area contributed by atoms with Crippen molar-refractivity contribution in [2.24, 2.45) is 0 Å². The van der Waals surface area contributed by atoms with Gasteiger partial charge in [0.2, 0.25) is 5.91 Å². The van der Waals surface area contributed by atoms with E-state index in [1.807, 2.05) is 51.1 Å². The van der Waals surface area contributed by atoms with Crippen molar-refractivity contribution in [1.29, 1.82) is 0 Å². The molecule has 0 radical (unpaired) electrons. The lowest BCUT2D eigenvalue weighted by Gasteiger charge is -2.10. The normalized spacial score (nSPS) is 10.4. The Kier molecular flexibility index (Phi) is 5.87. The van der Waals surface area contributed by atoms with Crippen LogP contribution >= 0.6 is 0 Å². The topological polar surface area (TPSA) is 93.1 Å². The van der Waals surface area contributed by atoms with Gasteiger partial charge in [0.1, 0.15) is 12.2 Å². The molecule has 0 aliphatic rings. The summed E-state index contributed by atoms with van der Waals surface area (Å²) in [7, 11) is 0. The summed E-state index contributed by atoms with van der Waals surface area (Å²) in [5, 5.41) is 9.51. The number of carbonyl (C=O) groups is 2. The van der Waals surface area contributed by atoms with E-state index in [-0.39, 0.29) is 12.2 Å². The van der Waals surface area contributed by atoms with Crippen LogP contribution in [0.4, 0.5) is 11.4 Å². The molecule has 2 N–H and O–H groups in total. The number of nitrogens with one attached hydrogen (secondary N) is 2. The van der Waals surface area contributed by atoms with Crippen LogP contribution in [0.3, 0.4) is 0 Å². The van der Waals surface area contributed by atoms with Crippen molar-refractivity contribution >= 4 is 23.2 Å². The highest BCUT2D eigenvalue weighted by molar-refractivity contribution is 6.02. The lowest BCUT2D eigenvalue weighted by atomic mass is 10.1. The third-order valence-electron chi connectivity index (χ3n) is 4.46. The molecule has 0 unspecified atom stereocenters. The Labute approximate surface area is 168 Å². The van der Waals surface area contributed by atoms with Gasteiger partial charge < -0.3 is 10.6 Å². The van der Waals surface area contributed by atoms with Crippen molar-refractivity contribution in [3.05, 3.63) is 87.3 Å². The molecule has 148 valence electrons. The van der Waals surface area contributed by atoms with Crippen LogP contribution in [0.15, 0.2) is 59.4 Å². The molecule has 29 heavy (non-hydrogen) atoms. The Bertz CT molecular complexity index is 1130. The molecule has 7 nitrogen and oxygen atoms in total. The molecule has 1 heterocycles. The quantitative estimate of drug-likeness (QED) is 0.700. The van der Waals surface area contributed by atoms with E-state index in [1.165, 1.54) is 12.1 Å². The molecule has 0 aliphatic carbocycles. The van der Waals surface area contributed by atoms with Crippen LogP contribution < -0.4 is 16.2 Å². The van der Waals surface area contributed by atoms with E-state index in [4.69, 9.17) is 0 Å². The first-order chi connectivity index (χ1) is 13.8. The fourth-order valence-corrected chi connectivity index (χ4v) is 2.76. The Morgan fingerprint density at radius 2 is 1.66 bits per heavy atom. The van der Waals surface area contributed by atoms with Gasteiger partial charge in [0.15, 0.2) is 0 Å². The Balaban J connectivity index is 1.73. The number of amides is 2. The molecule has 0 aliphatic heterocycles. The lowest BCUT2D eigenvalue weighted by Crippen LogP contribution is -2.31. The summed E-state index contributed by atoms with van der Waals surface area (Å²) in [6.07, 6.45) is 0. The first kappa shape index (κ1) is 20.0. The lowest BCUT2D eigenvalue weighted by molar-refractivity contribution is -0.117. The summed E-state index contributed by atoms with van der Waals surface area (Å²) in [6, 6.07) is 15.5. The number of aromatic nitrogens is 2. The number of rotatable bonds is 5. The minimum Gasteiger partial charge on any atom is -0.324 e. The Morgan fingerprint density at radius 3 is 2.38 bits per heavy atom. The van der Waals surface area contributed by atoms with Crippen molar-refractivity contribution in [3.8, 4) is 0 Å². The van der Waals surface area contributed by atoms with Gasteiger partial charge >= 0.3 is 0 Å². The largest absolute Gasteiger partial charge is 0.324 e. The maximum atomic E-state index is 12.5. The van der Waals surface area contributed by atoms with Crippen LogP contribution in [0.5, 0.6) is 0 Å². The van der Waals surface area contributed by atoms with E-state index in [2.05, 4.69) is 15.7 Å². The van der Waals surface area contributed by atoms with E-state index in [9.17, 15) is 14.4 Å². The summed E-state index contributed by atoms with van der Waals surface area (Å²) in [5.41, 5.74) is 4.02. The van der Waals surface area contributed by atoms with Crippen LogP contribution in [0.25, 0.3) is 0 Å². The van der Waals surface area contributed by atoms with E-state index in [0.717, 1.165) is 21.4 Å². The minimum atomic E-state index is -0.466. The van der Waals surface area contributed by atoms with Crippen LogP contribution in [-0.2, 0) is 11.3 Å². The second kappa shape index (κ2) is 8.52. The van der Waals surface area contributed by atoms with Gasteiger partial charge in [-0.2, -0.15) is 5.10 Å². The first-order valence-corrected chi connectivity index (χ1v) is 9.15. The molecule has 3 aromatic rings. The average molecular weight is 390 g/mol. The molecular formula is C22H22N4O3. The maximum absolute atomic E-state index is 12.5. The number of carbonyl (C=O) groups excluding carboxylic acids is 2. The fraction of sp³-hybridized carbons (Fsp3) is 0.182. The third-order valence-corrected chi connectivity index (χ3v) is 4.46. The smallest absolute Gasteiger partial charge is 0.276 e. The number of aryl methyl sites for hydroxylation is 3. The zero-order chi connectivity index (χ0) is 21.0. The fourth-order valence-electron chi connectivity index (χ4n) is 2.76. The number of nitrogens with zero attached hydrogens (tertiary/aromatic N) is 2. The van der Waals surface area contributed by atoms with Crippen molar-refractivity contribution in [2.45, 2.75) is 27.3 Å². The number of benzene rings is 2. The maximum Gasteiger partial charge on any atom is 0.276 e. The van der Waals surface area contributed by atoms with E-state index in [0.29, 0.717) is 11.4 Å². The average Bonchev–Trinajstić information content (AvgIpc) is 2.66. The van der Waals surface area contributed by atoms with Gasteiger partial charge in [0.05, 0.1) is 0 Å². The van der Waals surface area contributed by atoms with Crippen LogP contribution in [0.2, 0.25) is 0 Å². The second-order valence-electron chi connectivity index (χ2n) is 6.89. The summed E-state index contributed by atoms with van der Waals surface area (Å²) < 4.78 is 0.973. The predicted molar refractivity (Wildman–Crippen MR) is 112 cm³/mol. The second-order valence-corrected chi connectivity index (χ2v) is 6.89. The highest BCUT2D eigenvalue weighted by Crippen LogP contribution is 2.15. The highest BCUT2D eigenvalue weighted by atomic mass is 16.2. The Hall–Kier alpha value is -3.74. The summed E-state index contributed by atoms with van der Waals surface area (Å²) in [5.74, 6) is -0.863. The molecule has 0 spiro atoms. The highest BCUT2D eigenvalue weighted by Gasteiger charge is 2.13. The Morgan fingerprint density at radius 1 is 0.897 bits per heavy atom. The summed E-state index contributed by atoms with van der Waals surface area (Å²) >= 11 is 0. The van der Waals surface area contributed by atoms with Crippen molar-refractivity contribution in [3.63, 3.8) is 0 Å². The number of hydrogen-bond donors (Lipinski definition) is 2. The van der Waals surface area contributed by atoms with Gasteiger partial charge in [0, 0.05) is 17.4 Å². The first-order valence-electron chi connectivity index (χ1n) is 9.15. The molecule has 0 saturated heterocycles. The van der Waals surface area contributed by atoms with Gasteiger partial charge in [-0.15, -0.1) is 0 Å². The van der Waals surface area contributed by atoms with E-state index < -0.39 is 17.4 Å². The predicted octanol–water partition coefficient (Wildman–Crippen LogP) is 3.06. The molecule has 0 fully saturated rings. The molecule has 0 bridgehead atoms. The van der Waals surface area contributed by atoms with Crippen molar-refractivity contribution < 1.29 is 9.59 Å². The SMILES string of the molecule is Cc1cccc(NC(=O)Cn2nc(C(=O)Nc3ccc(C)c(C)c3)ccc2=O)c1. The van der Waals surface area contributed by atoms with Gasteiger partial charge in [-0.05, 0) is 67.8 Å². The summed E-state index contributed by atoms with van der Waals surface area (Å²) in [6.45, 7) is 5.56. The summed E-state index contributed by atoms with van der Waals surface area (Å²) in [4.78, 5) is 36.8. The van der Waals surface area contributed by atoms with Gasteiger partial charge in [-0.1, -0.05) is 18.2 Å². The molecule has 1 aromatic heterocycles. The molecular weight excluding hydrogens is 368 g/mol. The van der Waals surface area contributed by atoms with Crippen LogP contribution in [-0.4, -0.2) is 21.6 Å². The monoisotopic (exact) mass is 390 g/mol. The van der Waals surface area contributed by atoms with Gasteiger partial charge in [0.25, 0.3) is 11.5 Å². The van der Waals surface area contributed by atoms with Crippen molar-refractivity contribution in [2.75, 3.05) is 10.6 Å². The molecule has 0 saturated carbocycles. The number of anilines is 2. The van der Waals surface area contributed by atoms with Gasteiger partial charge in [-0.25, -0.2) is 4.68 Å². The van der Waals surface area contributed by atoms with E-state index in [1.54, 1.807) is 12.1 Å².